The van der Waals surface area contributed by atoms with Gasteiger partial charge in [0.1, 0.15) is 5.75 Å². The van der Waals surface area contributed by atoms with Gasteiger partial charge in [-0.15, -0.1) is 0 Å². The molecule has 0 amide bonds. The molecule has 1 N–H and O–H groups in total. The van der Waals surface area contributed by atoms with Gasteiger partial charge in [0.05, 0.1) is 13.2 Å². The van der Waals surface area contributed by atoms with Crippen molar-refractivity contribution in [2.75, 3.05) is 24.4 Å². The highest BCUT2D eigenvalue weighted by molar-refractivity contribution is 8.06. The molecule has 88 valence electrons. The van der Waals surface area contributed by atoms with Crippen LogP contribution in [0, 0.1) is 0 Å². The number of hydrogen-bond acceptors (Lipinski definition) is 4. The molecule has 0 aliphatic carbocycles. The van der Waals surface area contributed by atoms with E-state index in [1.807, 2.05) is 47.8 Å². The van der Waals surface area contributed by atoms with Crippen LogP contribution in [0.25, 0.3) is 0 Å². The number of hydrogen-bond donors (Lipinski definition) is 1. The quantitative estimate of drug-likeness (QED) is 0.900. The van der Waals surface area contributed by atoms with E-state index in [0.29, 0.717) is 5.25 Å². The van der Waals surface area contributed by atoms with E-state index >= 15 is 0 Å². The molecular weight excluding hydrogens is 240 g/mol. The molecule has 2 atom stereocenters. The monoisotopic (exact) mass is 256 g/mol. The van der Waals surface area contributed by atoms with Gasteiger partial charge in [0, 0.05) is 22.5 Å². The smallest absolute Gasteiger partial charge is 0.118 e. The van der Waals surface area contributed by atoms with Crippen LogP contribution in [0.1, 0.15) is 11.7 Å². The number of thioether (sulfide) groups is 2. The third-order valence-electron chi connectivity index (χ3n) is 2.65. The number of ether oxygens (including phenoxy) is 1. The summed E-state index contributed by atoms with van der Waals surface area (Å²) < 4.78 is 5.10. The van der Waals surface area contributed by atoms with Gasteiger partial charge in [0.2, 0.25) is 0 Å². The standard InChI is InChI=1S/C12H16O2S2/c1-14-10-4-2-9(3-5-10)12(13)11-8-15-6-7-16-11/h2-5,11-13H,6-8H2,1H3. The maximum atomic E-state index is 10.2. The summed E-state index contributed by atoms with van der Waals surface area (Å²) in [7, 11) is 1.65. The molecule has 1 aromatic rings. The number of aliphatic hydroxyl groups is 1. The van der Waals surface area contributed by atoms with Crippen LogP contribution in [0.2, 0.25) is 0 Å². The average molecular weight is 256 g/mol. The topological polar surface area (TPSA) is 29.5 Å². The SMILES string of the molecule is COc1ccc(C(O)C2CSCCS2)cc1. The van der Waals surface area contributed by atoms with Gasteiger partial charge in [-0.25, -0.2) is 0 Å². The molecule has 0 aromatic heterocycles. The fourth-order valence-electron chi connectivity index (χ4n) is 1.70. The van der Waals surface area contributed by atoms with Crippen molar-refractivity contribution < 1.29 is 9.84 Å². The van der Waals surface area contributed by atoms with Crippen LogP contribution in [-0.2, 0) is 0 Å². The van der Waals surface area contributed by atoms with Crippen LogP contribution in [0.4, 0.5) is 0 Å². The molecule has 0 bridgehead atoms. The van der Waals surface area contributed by atoms with E-state index in [2.05, 4.69) is 0 Å². The van der Waals surface area contributed by atoms with Gasteiger partial charge in [0.15, 0.2) is 0 Å². The van der Waals surface area contributed by atoms with Crippen molar-refractivity contribution in [1.82, 2.24) is 0 Å². The van der Waals surface area contributed by atoms with E-state index in [4.69, 9.17) is 4.74 Å². The molecule has 1 aliphatic heterocycles. The number of aliphatic hydroxyl groups excluding tert-OH is 1. The molecule has 2 nitrogen and oxygen atoms in total. The maximum absolute atomic E-state index is 10.2. The van der Waals surface area contributed by atoms with Crippen LogP contribution in [0.3, 0.4) is 0 Å². The first-order valence-electron chi connectivity index (χ1n) is 5.32. The summed E-state index contributed by atoms with van der Waals surface area (Å²) in [5, 5.41) is 10.6. The molecule has 2 rings (SSSR count). The van der Waals surface area contributed by atoms with Crippen molar-refractivity contribution in [3.05, 3.63) is 29.8 Å². The molecule has 0 spiro atoms. The first-order valence-corrected chi connectivity index (χ1v) is 7.53. The van der Waals surface area contributed by atoms with E-state index in [-0.39, 0.29) is 6.10 Å². The second-order valence-electron chi connectivity index (χ2n) is 3.70. The van der Waals surface area contributed by atoms with Crippen LogP contribution >= 0.6 is 23.5 Å². The third kappa shape index (κ3) is 2.87. The number of benzene rings is 1. The second kappa shape index (κ2) is 5.84. The Balaban J connectivity index is 2.04. The summed E-state index contributed by atoms with van der Waals surface area (Å²) in [6.45, 7) is 0. The average Bonchev–Trinajstić information content (AvgIpc) is 2.39. The molecule has 1 aliphatic rings. The fourth-order valence-corrected chi connectivity index (χ4v) is 4.46. The van der Waals surface area contributed by atoms with Crippen molar-refractivity contribution in [2.24, 2.45) is 0 Å². The van der Waals surface area contributed by atoms with Gasteiger partial charge in [-0.1, -0.05) is 12.1 Å². The first kappa shape index (κ1) is 12.1. The van der Waals surface area contributed by atoms with E-state index < -0.39 is 0 Å². The van der Waals surface area contributed by atoms with Gasteiger partial charge >= 0.3 is 0 Å². The first-order chi connectivity index (χ1) is 7.81. The number of methoxy groups -OCH3 is 1. The van der Waals surface area contributed by atoms with Gasteiger partial charge < -0.3 is 9.84 Å². The molecular formula is C12H16O2S2. The lowest BCUT2D eigenvalue weighted by Crippen LogP contribution is -2.22. The fraction of sp³-hybridized carbons (Fsp3) is 0.500. The Hall–Kier alpha value is -0.320. The molecule has 0 saturated carbocycles. The van der Waals surface area contributed by atoms with Crippen LogP contribution < -0.4 is 4.74 Å². The molecule has 16 heavy (non-hydrogen) atoms. The van der Waals surface area contributed by atoms with E-state index in [9.17, 15) is 5.11 Å². The van der Waals surface area contributed by atoms with Crippen molar-refractivity contribution in [1.29, 1.82) is 0 Å². The highest BCUT2D eigenvalue weighted by Gasteiger charge is 2.23. The lowest BCUT2D eigenvalue weighted by atomic mass is 10.1. The molecule has 0 radical (unpaired) electrons. The maximum Gasteiger partial charge on any atom is 0.118 e. The summed E-state index contributed by atoms with van der Waals surface area (Å²) in [4.78, 5) is 0. The minimum absolute atomic E-state index is 0.326. The Labute approximate surface area is 105 Å². The van der Waals surface area contributed by atoms with Crippen molar-refractivity contribution >= 4 is 23.5 Å². The zero-order valence-electron chi connectivity index (χ0n) is 9.26. The Kier molecular flexibility index (Phi) is 4.44. The van der Waals surface area contributed by atoms with E-state index in [1.165, 1.54) is 5.75 Å². The van der Waals surface area contributed by atoms with E-state index in [1.54, 1.807) is 7.11 Å². The zero-order valence-corrected chi connectivity index (χ0v) is 10.9. The minimum atomic E-state index is -0.358. The van der Waals surface area contributed by atoms with Gasteiger partial charge in [-0.3, -0.25) is 0 Å². The molecule has 4 heteroatoms. The molecule has 2 unspecified atom stereocenters. The predicted octanol–water partition coefficient (Wildman–Crippen LogP) is 2.58. The Morgan fingerprint density at radius 2 is 2.06 bits per heavy atom. The lowest BCUT2D eigenvalue weighted by Gasteiger charge is -2.26. The summed E-state index contributed by atoms with van der Waals surface area (Å²) in [6.07, 6.45) is -0.358. The van der Waals surface area contributed by atoms with Gasteiger partial charge in [-0.05, 0) is 17.7 Å². The van der Waals surface area contributed by atoms with Crippen molar-refractivity contribution in [3.8, 4) is 5.75 Å². The molecule has 1 heterocycles. The van der Waals surface area contributed by atoms with Crippen LogP contribution in [0.15, 0.2) is 24.3 Å². The highest BCUT2D eigenvalue weighted by Crippen LogP contribution is 2.33. The molecule has 1 saturated heterocycles. The van der Waals surface area contributed by atoms with Crippen LogP contribution in [-0.4, -0.2) is 34.7 Å². The van der Waals surface area contributed by atoms with Gasteiger partial charge in [-0.2, -0.15) is 23.5 Å². The van der Waals surface area contributed by atoms with Crippen molar-refractivity contribution in [3.63, 3.8) is 0 Å². The minimum Gasteiger partial charge on any atom is -0.497 e. The second-order valence-corrected chi connectivity index (χ2v) is 6.20. The molecule has 1 fully saturated rings. The number of rotatable bonds is 3. The summed E-state index contributed by atoms with van der Waals surface area (Å²) in [6, 6.07) is 7.70. The zero-order chi connectivity index (χ0) is 11.4. The van der Waals surface area contributed by atoms with E-state index in [0.717, 1.165) is 22.8 Å². The Morgan fingerprint density at radius 1 is 1.31 bits per heavy atom. The lowest BCUT2D eigenvalue weighted by molar-refractivity contribution is 0.180. The highest BCUT2D eigenvalue weighted by atomic mass is 32.2. The summed E-state index contributed by atoms with van der Waals surface area (Å²) in [5.41, 5.74) is 0.987. The largest absolute Gasteiger partial charge is 0.497 e. The Bertz CT molecular complexity index is 320. The molecule has 1 aromatic carbocycles. The third-order valence-corrected chi connectivity index (χ3v) is 5.50. The van der Waals surface area contributed by atoms with Crippen molar-refractivity contribution in [2.45, 2.75) is 11.4 Å². The summed E-state index contributed by atoms with van der Waals surface area (Å²) >= 11 is 3.80. The predicted molar refractivity (Wildman–Crippen MR) is 71.5 cm³/mol. The summed E-state index contributed by atoms with van der Waals surface area (Å²) in [5.74, 6) is 4.22. The van der Waals surface area contributed by atoms with Gasteiger partial charge in [0.25, 0.3) is 0 Å². The van der Waals surface area contributed by atoms with Crippen LogP contribution in [0.5, 0.6) is 5.75 Å². The Morgan fingerprint density at radius 3 is 2.62 bits per heavy atom. The normalized spacial score (nSPS) is 22.8.